The van der Waals surface area contributed by atoms with Crippen LogP contribution in [0.3, 0.4) is 0 Å². The summed E-state index contributed by atoms with van der Waals surface area (Å²) in [5.74, 6) is -0.707. The number of rotatable bonds is 4. The van der Waals surface area contributed by atoms with Gasteiger partial charge in [0.15, 0.2) is 0 Å². The van der Waals surface area contributed by atoms with E-state index in [9.17, 15) is 9.59 Å². The molecular formula is C24H30N2O2S. The van der Waals surface area contributed by atoms with Gasteiger partial charge in [0.05, 0.1) is 5.56 Å². The second-order valence-corrected chi connectivity index (χ2v) is 9.79. The van der Waals surface area contributed by atoms with Crippen LogP contribution < -0.4 is 11.1 Å². The molecule has 1 aromatic heterocycles. The number of hydrogen-bond donors (Lipinski definition) is 2. The van der Waals surface area contributed by atoms with Crippen molar-refractivity contribution < 1.29 is 9.59 Å². The first-order chi connectivity index (χ1) is 13.8. The van der Waals surface area contributed by atoms with Gasteiger partial charge in [-0.15, -0.1) is 11.3 Å². The molecule has 154 valence electrons. The summed E-state index contributed by atoms with van der Waals surface area (Å²) in [6.45, 7) is 6.52. The maximum absolute atomic E-state index is 12.5. The van der Waals surface area contributed by atoms with Crippen molar-refractivity contribution in [1.29, 1.82) is 0 Å². The van der Waals surface area contributed by atoms with Gasteiger partial charge in [-0.1, -0.05) is 57.9 Å². The summed E-state index contributed by atoms with van der Waals surface area (Å²) >= 11 is 1.50. The summed E-state index contributed by atoms with van der Waals surface area (Å²) in [5.41, 5.74) is 9.51. The quantitative estimate of drug-likeness (QED) is 0.657. The van der Waals surface area contributed by atoms with Crippen molar-refractivity contribution in [3.63, 3.8) is 0 Å². The second-order valence-electron chi connectivity index (χ2n) is 8.68. The van der Waals surface area contributed by atoms with Crippen LogP contribution in [0.1, 0.15) is 78.4 Å². The van der Waals surface area contributed by atoms with Crippen molar-refractivity contribution in [2.24, 2.45) is 5.73 Å². The van der Waals surface area contributed by atoms with Crippen LogP contribution in [-0.4, -0.2) is 11.8 Å². The highest BCUT2D eigenvalue weighted by atomic mass is 32.1. The van der Waals surface area contributed by atoms with E-state index in [1.165, 1.54) is 40.7 Å². The van der Waals surface area contributed by atoms with E-state index in [0.29, 0.717) is 10.6 Å². The topological polar surface area (TPSA) is 72.2 Å². The minimum absolute atomic E-state index is 0.0980. The first-order valence-corrected chi connectivity index (χ1v) is 11.1. The van der Waals surface area contributed by atoms with E-state index in [-0.39, 0.29) is 11.3 Å². The maximum Gasteiger partial charge on any atom is 0.251 e. The van der Waals surface area contributed by atoms with Gasteiger partial charge in [-0.25, -0.2) is 0 Å². The van der Waals surface area contributed by atoms with Crippen LogP contribution in [0.25, 0.3) is 6.08 Å². The van der Waals surface area contributed by atoms with Crippen molar-refractivity contribution >= 4 is 34.2 Å². The van der Waals surface area contributed by atoms with Crippen molar-refractivity contribution in [2.45, 2.75) is 64.7 Å². The molecule has 1 heterocycles. The molecule has 0 fully saturated rings. The molecule has 3 N–H and O–H groups in total. The summed E-state index contributed by atoms with van der Waals surface area (Å²) in [7, 11) is 0. The zero-order valence-corrected chi connectivity index (χ0v) is 18.3. The van der Waals surface area contributed by atoms with E-state index >= 15 is 0 Å². The second kappa shape index (κ2) is 8.95. The lowest BCUT2D eigenvalue weighted by molar-refractivity contribution is -0.111. The Morgan fingerprint density at radius 2 is 1.69 bits per heavy atom. The summed E-state index contributed by atoms with van der Waals surface area (Å²) in [6, 6.07) is 8.19. The number of primary amides is 1. The van der Waals surface area contributed by atoms with Gasteiger partial charge in [0, 0.05) is 11.0 Å². The van der Waals surface area contributed by atoms with Crippen molar-refractivity contribution in [3.8, 4) is 0 Å². The molecule has 5 heteroatoms. The van der Waals surface area contributed by atoms with E-state index < -0.39 is 5.91 Å². The van der Waals surface area contributed by atoms with Crippen molar-refractivity contribution in [1.82, 2.24) is 0 Å². The summed E-state index contributed by atoms with van der Waals surface area (Å²) in [5, 5.41) is 3.47. The zero-order valence-electron chi connectivity index (χ0n) is 17.5. The summed E-state index contributed by atoms with van der Waals surface area (Å²) < 4.78 is 0. The molecule has 4 nitrogen and oxygen atoms in total. The molecule has 1 aliphatic carbocycles. The predicted octanol–water partition coefficient (Wildman–Crippen LogP) is 5.46. The lowest BCUT2D eigenvalue weighted by atomic mass is 9.87. The first-order valence-electron chi connectivity index (χ1n) is 10.3. The van der Waals surface area contributed by atoms with E-state index in [1.807, 2.05) is 12.1 Å². The molecule has 0 aliphatic heterocycles. The minimum atomic E-state index is -0.458. The lowest BCUT2D eigenvalue weighted by Crippen LogP contribution is -2.17. The summed E-state index contributed by atoms with van der Waals surface area (Å²) in [6.07, 6.45) is 9.66. The Morgan fingerprint density at radius 3 is 2.31 bits per heavy atom. The highest BCUT2D eigenvalue weighted by Gasteiger charge is 2.23. The number of thiophene rings is 1. The van der Waals surface area contributed by atoms with Gasteiger partial charge >= 0.3 is 0 Å². The smallest absolute Gasteiger partial charge is 0.251 e. The molecule has 1 aromatic carbocycles. The van der Waals surface area contributed by atoms with Crippen LogP contribution in [0, 0.1) is 0 Å². The highest BCUT2D eigenvalue weighted by molar-refractivity contribution is 7.17. The molecule has 29 heavy (non-hydrogen) atoms. The first kappa shape index (κ1) is 21.3. The average molecular weight is 411 g/mol. The number of aryl methyl sites for hydroxylation is 1. The van der Waals surface area contributed by atoms with Crippen molar-refractivity contribution in [2.75, 3.05) is 5.32 Å². The maximum atomic E-state index is 12.5. The summed E-state index contributed by atoms with van der Waals surface area (Å²) in [4.78, 5) is 25.8. The number of carbonyl (C=O) groups excluding carboxylic acids is 2. The molecule has 0 bridgehead atoms. The third-order valence-corrected chi connectivity index (χ3v) is 6.57. The molecule has 3 rings (SSSR count). The highest BCUT2D eigenvalue weighted by Crippen LogP contribution is 2.36. The SMILES string of the molecule is CC(C)(C)c1ccc(/C=C/C(=O)Nc2sc3c(c2C(N)=O)CCCCCC3)cc1. The van der Waals surface area contributed by atoms with Gasteiger partial charge in [0.1, 0.15) is 5.00 Å². The van der Waals surface area contributed by atoms with E-state index in [0.717, 1.165) is 36.8 Å². The zero-order chi connectivity index (χ0) is 21.0. The Balaban J connectivity index is 1.75. The Kier molecular flexibility index (Phi) is 6.58. The van der Waals surface area contributed by atoms with Gasteiger partial charge in [-0.3, -0.25) is 9.59 Å². The molecule has 0 spiro atoms. The van der Waals surface area contributed by atoms with Gasteiger partial charge in [-0.05, 0) is 53.9 Å². The van der Waals surface area contributed by atoms with Crippen LogP contribution in [0.15, 0.2) is 30.3 Å². The Morgan fingerprint density at radius 1 is 1.03 bits per heavy atom. The minimum Gasteiger partial charge on any atom is -0.365 e. The fraction of sp³-hybridized carbons (Fsp3) is 0.417. The number of nitrogens with two attached hydrogens (primary N) is 1. The number of fused-ring (bicyclic) bond motifs is 1. The predicted molar refractivity (Wildman–Crippen MR) is 122 cm³/mol. The Bertz CT molecular complexity index is 918. The number of nitrogens with one attached hydrogen (secondary N) is 1. The average Bonchev–Trinajstić information content (AvgIpc) is 2.96. The van der Waals surface area contributed by atoms with Gasteiger partial charge in [0.25, 0.3) is 5.91 Å². The fourth-order valence-corrected chi connectivity index (χ4v) is 4.99. The molecule has 0 radical (unpaired) electrons. The molecule has 0 saturated heterocycles. The molecule has 0 unspecified atom stereocenters. The molecule has 1 aliphatic rings. The number of anilines is 1. The van der Waals surface area contributed by atoms with E-state index in [2.05, 4.69) is 38.2 Å². The Hall–Kier alpha value is -2.40. The Labute approximate surface area is 177 Å². The largest absolute Gasteiger partial charge is 0.365 e. The van der Waals surface area contributed by atoms with Crippen LogP contribution in [0.4, 0.5) is 5.00 Å². The third-order valence-electron chi connectivity index (χ3n) is 5.36. The normalized spacial score (nSPS) is 14.9. The standard InChI is InChI=1S/C24H30N2O2S/c1-24(2,3)17-13-10-16(11-14-17)12-15-20(27)26-23-21(22(25)28)18-8-6-4-5-7-9-19(18)29-23/h10-15H,4-9H2,1-3H3,(H2,25,28)(H,26,27)/b15-12+. The molecule has 2 amide bonds. The van der Waals surface area contributed by atoms with Gasteiger partial charge in [0.2, 0.25) is 5.91 Å². The molecule has 2 aromatic rings. The van der Waals surface area contributed by atoms with E-state index in [4.69, 9.17) is 5.73 Å². The van der Waals surface area contributed by atoms with Gasteiger partial charge in [-0.2, -0.15) is 0 Å². The monoisotopic (exact) mass is 410 g/mol. The van der Waals surface area contributed by atoms with Crippen LogP contribution in [0.2, 0.25) is 0 Å². The molecule has 0 atom stereocenters. The van der Waals surface area contributed by atoms with Gasteiger partial charge < -0.3 is 11.1 Å². The lowest BCUT2D eigenvalue weighted by Gasteiger charge is -2.18. The number of amides is 2. The number of carbonyl (C=O) groups is 2. The molecular weight excluding hydrogens is 380 g/mol. The van der Waals surface area contributed by atoms with Crippen LogP contribution in [-0.2, 0) is 23.1 Å². The third kappa shape index (κ3) is 5.36. The number of benzene rings is 1. The van der Waals surface area contributed by atoms with Crippen LogP contribution >= 0.6 is 11.3 Å². The molecule has 0 saturated carbocycles. The van der Waals surface area contributed by atoms with Crippen molar-refractivity contribution in [3.05, 3.63) is 57.5 Å². The van der Waals surface area contributed by atoms with E-state index in [1.54, 1.807) is 6.08 Å². The van der Waals surface area contributed by atoms with Crippen LogP contribution in [0.5, 0.6) is 0 Å². The fourth-order valence-electron chi connectivity index (χ4n) is 3.69. The number of hydrogen-bond acceptors (Lipinski definition) is 3.